The number of anilines is 1. The van der Waals surface area contributed by atoms with Crippen molar-refractivity contribution in [2.75, 3.05) is 11.6 Å². The number of nitrogens with zero attached hydrogens (tertiary/aromatic N) is 1. The maximum atomic E-state index is 11.6. The molecule has 0 saturated heterocycles. The van der Waals surface area contributed by atoms with Crippen molar-refractivity contribution < 1.29 is 23.2 Å². The third-order valence-corrected chi connectivity index (χ3v) is 4.61. The molecule has 0 radical (unpaired) electrons. The average molecular weight is 364 g/mol. The second-order valence-electron chi connectivity index (χ2n) is 5.43. The van der Waals surface area contributed by atoms with Gasteiger partial charge in [0.05, 0.1) is 9.82 Å². The minimum Gasteiger partial charge on any atom is -0.480 e. The van der Waals surface area contributed by atoms with Crippen molar-refractivity contribution in [1.82, 2.24) is 0 Å². The molecule has 0 aliphatic heterocycles. The van der Waals surface area contributed by atoms with E-state index in [4.69, 9.17) is 0 Å². The van der Waals surface area contributed by atoms with E-state index in [9.17, 15) is 28.4 Å². The van der Waals surface area contributed by atoms with Gasteiger partial charge in [-0.3, -0.25) is 10.1 Å². The van der Waals surface area contributed by atoms with E-state index in [-0.39, 0.29) is 17.0 Å². The number of nitro groups is 1. The molecule has 0 bridgehead atoms. The second kappa shape index (κ2) is 7.31. The summed E-state index contributed by atoms with van der Waals surface area (Å²) in [5.74, 6) is -1.18. The lowest BCUT2D eigenvalue weighted by atomic mass is 10.1. The van der Waals surface area contributed by atoms with Crippen LogP contribution in [0.5, 0.6) is 0 Å². The summed E-state index contributed by atoms with van der Waals surface area (Å²) in [6.07, 6.45) is 1.05. The van der Waals surface area contributed by atoms with Crippen LogP contribution < -0.4 is 5.32 Å². The first-order chi connectivity index (χ1) is 11.7. The van der Waals surface area contributed by atoms with Gasteiger partial charge in [0.15, 0.2) is 9.84 Å². The van der Waals surface area contributed by atoms with Crippen molar-refractivity contribution in [1.29, 1.82) is 0 Å². The minimum atomic E-state index is -3.62. The number of rotatable bonds is 7. The Kier molecular flexibility index (Phi) is 5.38. The van der Waals surface area contributed by atoms with Gasteiger partial charge in [0, 0.05) is 18.7 Å². The van der Waals surface area contributed by atoms with Gasteiger partial charge in [0.1, 0.15) is 11.7 Å². The normalized spacial score (nSPS) is 12.4. The summed E-state index contributed by atoms with van der Waals surface area (Å²) in [7, 11) is -3.62. The number of nitro benzene ring substituents is 1. The predicted molar refractivity (Wildman–Crippen MR) is 91.4 cm³/mol. The molecule has 2 aromatic rings. The van der Waals surface area contributed by atoms with E-state index >= 15 is 0 Å². The summed E-state index contributed by atoms with van der Waals surface area (Å²) in [4.78, 5) is 21.8. The average Bonchev–Trinajstić information content (AvgIpc) is 2.54. The Bertz CT molecular complexity index is 896. The van der Waals surface area contributed by atoms with E-state index in [0.717, 1.165) is 17.9 Å². The van der Waals surface area contributed by atoms with Gasteiger partial charge in [-0.1, -0.05) is 30.3 Å². The van der Waals surface area contributed by atoms with Crippen molar-refractivity contribution in [3.05, 3.63) is 64.2 Å². The summed E-state index contributed by atoms with van der Waals surface area (Å²) >= 11 is 0. The predicted octanol–water partition coefficient (Wildman–Crippen LogP) is 2.11. The van der Waals surface area contributed by atoms with Crippen molar-refractivity contribution in [3.63, 3.8) is 0 Å². The molecule has 2 rings (SSSR count). The van der Waals surface area contributed by atoms with Gasteiger partial charge in [-0.2, -0.15) is 0 Å². The fourth-order valence-corrected chi connectivity index (χ4v) is 2.89. The van der Waals surface area contributed by atoms with Gasteiger partial charge in [-0.05, 0) is 17.7 Å². The molecular formula is C16H16N2O6S. The third kappa shape index (κ3) is 4.77. The number of hydrogen-bond acceptors (Lipinski definition) is 6. The number of carboxylic acid groups (broad SMARTS) is 1. The number of carboxylic acids is 1. The van der Waals surface area contributed by atoms with Gasteiger partial charge >= 0.3 is 5.97 Å². The molecule has 0 heterocycles. The summed E-state index contributed by atoms with van der Waals surface area (Å²) in [6.45, 7) is 0. The van der Waals surface area contributed by atoms with Crippen LogP contribution in [0.4, 0.5) is 11.4 Å². The standard InChI is InChI=1S/C16H16N2O6S/c1-25(23,24)12-7-8-13(15(10-12)18(21)22)17-14(16(19)20)9-11-5-3-2-4-6-11/h2-8,10,14,17H,9H2,1H3,(H,19,20)/t14-/m0/s1. The van der Waals surface area contributed by atoms with E-state index in [1.54, 1.807) is 30.3 Å². The SMILES string of the molecule is CS(=O)(=O)c1ccc(N[C@@H](Cc2ccccc2)C(=O)O)c([N+](=O)[O-])c1. The molecule has 8 nitrogen and oxygen atoms in total. The highest BCUT2D eigenvalue weighted by Gasteiger charge is 2.24. The van der Waals surface area contributed by atoms with Crippen molar-refractivity contribution in [3.8, 4) is 0 Å². The summed E-state index contributed by atoms with van der Waals surface area (Å²) in [5, 5.41) is 23.2. The highest BCUT2D eigenvalue weighted by atomic mass is 32.2. The molecule has 2 N–H and O–H groups in total. The highest BCUT2D eigenvalue weighted by Crippen LogP contribution is 2.28. The van der Waals surface area contributed by atoms with Crippen LogP contribution in [0.25, 0.3) is 0 Å². The molecule has 0 spiro atoms. The van der Waals surface area contributed by atoms with Crippen LogP contribution in [-0.2, 0) is 21.1 Å². The Morgan fingerprint density at radius 1 is 1.24 bits per heavy atom. The molecule has 0 aromatic heterocycles. The molecule has 0 aliphatic carbocycles. The van der Waals surface area contributed by atoms with Crippen molar-refractivity contribution in [2.24, 2.45) is 0 Å². The Balaban J connectivity index is 2.35. The number of sulfone groups is 1. The Hall–Kier alpha value is -2.94. The molecule has 0 saturated carbocycles. The number of carbonyl (C=O) groups is 1. The monoisotopic (exact) mass is 364 g/mol. The number of hydrogen-bond donors (Lipinski definition) is 2. The van der Waals surface area contributed by atoms with Gasteiger partial charge in [0.25, 0.3) is 5.69 Å². The fraction of sp³-hybridized carbons (Fsp3) is 0.188. The number of aliphatic carboxylic acids is 1. The van der Waals surface area contributed by atoms with Crippen LogP contribution in [0.1, 0.15) is 5.56 Å². The molecule has 132 valence electrons. The quantitative estimate of drug-likeness (QED) is 0.569. The Morgan fingerprint density at radius 2 is 1.88 bits per heavy atom. The van der Waals surface area contributed by atoms with Gasteiger partial charge in [-0.15, -0.1) is 0 Å². The molecule has 9 heteroatoms. The van der Waals surface area contributed by atoms with Gasteiger partial charge in [-0.25, -0.2) is 13.2 Å². The lowest BCUT2D eigenvalue weighted by molar-refractivity contribution is -0.384. The lowest BCUT2D eigenvalue weighted by Crippen LogP contribution is -2.31. The topological polar surface area (TPSA) is 127 Å². The van der Waals surface area contributed by atoms with Crippen molar-refractivity contribution in [2.45, 2.75) is 17.4 Å². The molecule has 0 amide bonds. The molecule has 0 unspecified atom stereocenters. The Labute approximate surface area is 144 Å². The van der Waals surface area contributed by atoms with Gasteiger partial charge in [0.2, 0.25) is 0 Å². The first-order valence-corrected chi connectivity index (χ1v) is 9.09. The van der Waals surface area contributed by atoms with E-state index in [1.807, 2.05) is 0 Å². The first kappa shape index (κ1) is 18.4. The molecule has 2 aromatic carbocycles. The summed E-state index contributed by atoms with van der Waals surface area (Å²) < 4.78 is 23.1. The van der Waals surface area contributed by atoms with E-state index in [0.29, 0.717) is 0 Å². The molecule has 25 heavy (non-hydrogen) atoms. The number of nitrogens with one attached hydrogen (secondary N) is 1. The maximum Gasteiger partial charge on any atom is 0.326 e. The van der Waals surface area contributed by atoms with Crippen LogP contribution >= 0.6 is 0 Å². The zero-order valence-electron chi connectivity index (χ0n) is 13.2. The van der Waals surface area contributed by atoms with E-state index < -0.39 is 32.5 Å². The molecule has 1 atom stereocenters. The third-order valence-electron chi connectivity index (χ3n) is 3.50. The largest absolute Gasteiger partial charge is 0.480 e. The van der Waals surface area contributed by atoms with Gasteiger partial charge < -0.3 is 10.4 Å². The lowest BCUT2D eigenvalue weighted by Gasteiger charge is -2.16. The first-order valence-electron chi connectivity index (χ1n) is 7.20. The summed E-state index contributed by atoms with van der Waals surface area (Å²) in [5.41, 5.74) is 0.195. The van der Waals surface area contributed by atoms with E-state index in [1.165, 1.54) is 12.1 Å². The Morgan fingerprint density at radius 3 is 2.40 bits per heavy atom. The summed E-state index contributed by atoms with van der Waals surface area (Å²) in [6, 6.07) is 11.0. The zero-order chi connectivity index (χ0) is 18.6. The van der Waals surface area contributed by atoms with Crippen LogP contribution in [0.2, 0.25) is 0 Å². The molecular weight excluding hydrogens is 348 g/mol. The second-order valence-corrected chi connectivity index (χ2v) is 7.45. The zero-order valence-corrected chi connectivity index (χ0v) is 14.1. The van der Waals surface area contributed by atoms with Crippen LogP contribution in [0.3, 0.4) is 0 Å². The minimum absolute atomic E-state index is 0.0549. The molecule has 0 aliphatic rings. The number of benzene rings is 2. The van der Waals surface area contributed by atoms with Crippen LogP contribution in [-0.4, -0.2) is 36.7 Å². The highest BCUT2D eigenvalue weighted by molar-refractivity contribution is 7.90. The van der Waals surface area contributed by atoms with Crippen LogP contribution in [0.15, 0.2) is 53.4 Å². The molecule has 0 fully saturated rings. The van der Waals surface area contributed by atoms with Crippen LogP contribution in [0, 0.1) is 10.1 Å². The van der Waals surface area contributed by atoms with Crippen molar-refractivity contribution >= 4 is 27.2 Å². The van der Waals surface area contributed by atoms with E-state index in [2.05, 4.69) is 5.32 Å². The maximum absolute atomic E-state index is 11.6. The fourth-order valence-electron chi connectivity index (χ4n) is 2.25. The smallest absolute Gasteiger partial charge is 0.326 e.